The second kappa shape index (κ2) is 8.31. The summed E-state index contributed by atoms with van der Waals surface area (Å²) in [7, 11) is -1.49. The molecule has 0 radical (unpaired) electrons. The third kappa shape index (κ3) is 4.55. The molecule has 6 nitrogen and oxygen atoms in total. The van der Waals surface area contributed by atoms with Crippen LogP contribution in [0, 0.1) is 5.92 Å². The van der Waals surface area contributed by atoms with Gasteiger partial charge in [0.05, 0.1) is 24.0 Å². The lowest BCUT2D eigenvalue weighted by Crippen LogP contribution is -2.26. The predicted molar refractivity (Wildman–Crippen MR) is 83.0 cm³/mol. The van der Waals surface area contributed by atoms with Gasteiger partial charge >= 0.3 is 11.9 Å². The number of sulfone groups is 1. The van der Waals surface area contributed by atoms with Crippen molar-refractivity contribution in [2.24, 2.45) is 5.92 Å². The summed E-state index contributed by atoms with van der Waals surface area (Å²) < 4.78 is 34.0. The molecule has 0 aromatic heterocycles. The van der Waals surface area contributed by atoms with Crippen molar-refractivity contribution in [3.05, 3.63) is 47.5 Å². The summed E-state index contributed by atoms with van der Waals surface area (Å²) in [6.07, 6.45) is -0.168. The molecule has 0 spiro atoms. The molecular weight excluding hydrogens is 320 g/mol. The maximum absolute atomic E-state index is 12.5. The molecule has 23 heavy (non-hydrogen) atoms. The van der Waals surface area contributed by atoms with Gasteiger partial charge in [0.15, 0.2) is 5.92 Å². The molecule has 1 aromatic carbocycles. The van der Waals surface area contributed by atoms with E-state index in [0.717, 1.165) is 14.2 Å². The van der Waals surface area contributed by atoms with E-state index in [9.17, 15) is 18.0 Å². The van der Waals surface area contributed by atoms with Gasteiger partial charge in [0.25, 0.3) is 0 Å². The summed E-state index contributed by atoms with van der Waals surface area (Å²) in [5.74, 6) is -2.76. The molecule has 0 saturated heterocycles. The molecule has 0 fully saturated rings. The van der Waals surface area contributed by atoms with Crippen LogP contribution in [0.2, 0.25) is 0 Å². The second-order valence-corrected chi connectivity index (χ2v) is 6.53. The van der Waals surface area contributed by atoms with E-state index in [2.05, 4.69) is 21.8 Å². The highest BCUT2D eigenvalue weighted by Crippen LogP contribution is 2.24. The number of carbonyl (C=O) groups excluding carboxylic acids is 2. The van der Waals surface area contributed by atoms with E-state index in [4.69, 9.17) is 0 Å². The highest BCUT2D eigenvalue weighted by Gasteiger charge is 2.30. The second-order valence-electron chi connectivity index (χ2n) is 4.55. The molecule has 0 amide bonds. The van der Waals surface area contributed by atoms with Gasteiger partial charge in [0.2, 0.25) is 9.84 Å². The number of methoxy groups -OCH3 is 2. The molecule has 0 aliphatic rings. The number of hydrogen-bond acceptors (Lipinski definition) is 6. The Morgan fingerprint density at radius 1 is 1.13 bits per heavy atom. The topological polar surface area (TPSA) is 86.7 Å². The Morgan fingerprint density at radius 3 is 2.09 bits per heavy atom. The first-order chi connectivity index (χ1) is 10.9. The number of carbonyl (C=O) groups is 2. The van der Waals surface area contributed by atoms with Crippen molar-refractivity contribution in [1.29, 1.82) is 0 Å². The fourth-order valence-corrected chi connectivity index (χ4v) is 3.33. The standard InChI is InChI=1S/C16H18O6S/c1-4-12(23(19,20)13-8-6-5-7-9-13)10-11-14(15(17)21-2)16(18)22-3/h5-9,14H,1,10-11H2,2-3H3. The molecule has 124 valence electrons. The zero-order chi connectivity index (χ0) is 17.5. The van der Waals surface area contributed by atoms with Gasteiger partial charge in [-0.15, -0.1) is 5.73 Å². The summed E-state index contributed by atoms with van der Waals surface area (Å²) in [6, 6.07) is 7.79. The molecule has 1 aromatic rings. The minimum atomic E-state index is -3.77. The van der Waals surface area contributed by atoms with E-state index in [1.54, 1.807) is 18.2 Å². The van der Waals surface area contributed by atoms with Crippen molar-refractivity contribution in [3.63, 3.8) is 0 Å². The van der Waals surface area contributed by atoms with Crippen LogP contribution in [-0.4, -0.2) is 34.6 Å². The Morgan fingerprint density at radius 2 is 1.65 bits per heavy atom. The maximum Gasteiger partial charge on any atom is 0.320 e. The van der Waals surface area contributed by atoms with Crippen LogP contribution in [0.3, 0.4) is 0 Å². The lowest BCUT2D eigenvalue weighted by molar-refractivity contribution is -0.159. The third-order valence-corrected chi connectivity index (χ3v) is 5.10. The van der Waals surface area contributed by atoms with E-state index in [1.165, 1.54) is 12.1 Å². The minimum absolute atomic E-state index is 0.0801. The van der Waals surface area contributed by atoms with Crippen LogP contribution < -0.4 is 0 Å². The Hall–Kier alpha value is -2.37. The van der Waals surface area contributed by atoms with Crippen molar-refractivity contribution >= 4 is 21.8 Å². The first-order valence-electron chi connectivity index (χ1n) is 6.73. The summed E-state index contributed by atoms with van der Waals surface area (Å²) >= 11 is 0. The fourth-order valence-electron chi connectivity index (χ4n) is 1.95. The fraction of sp³-hybridized carbons (Fsp3) is 0.312. The molecule has 7 heteroatoms. The van der Waals surface area contributed by atoms with Crippen LogP contribution in [-0.2, 0) is 28.9 Å². The number of hydrogen-bond donors (Lipinski definition) is 0. The van der Waals surface area contributed by atoms with Gasteiger partial charge in [0, 0.05) is 0 Å². The molecule has 0 atom stereocenters. The Labute approximate surface area is 135 Å². The predicted octanol–water partition coefficient (Wildman–Crippen LogP) is 1.87. The average Bonchev–Trinajstić information content (AvgIpc) is 2.58. The van der Waals surface area contributed by atoms with Crippen molar-refractivity contribution in [1.82, 2.24) is 0 Å². The zero-order valence-corrected chi connectivity index (χ0v) is 13.8. The molecule has 0 N–H and O–H groups in total. The van der Waals surface area contributed by atoms with Crippen LogP contribution >= 0.6 is 0 Å². The van der Waals surface area contributed by atoms with Crippen LogP contribution in [0.5, 0.6) is 0 Å². The number of esters is 2. The summed E-state index contributed by atoms with van der Waals surface area (Å²) in [6.45, 7) is 3.39. The lowest BCUT2D eigenvalue weighted by atomic mass is 10.0. The van der Waals surface area contributed by atoms with E-state index < -0.39 is 27.7 Å². The van der Waals surface area contributed by atoms with Gasteiger partial charge in [-0.3, -0.25) is 9.59 Å². The van der Waals surface area contributed by atoms with E-state index in [-0.39, 0.29) is 22.6 Å². The molecule has 0 bridgehead atoms. The first-order valence-corrected chi connectivity index (χ1v) is 8.21. The molecule has 0 unspecified atom stereocenters. The zero-order valence-electron chi connectivity index (χ0n) is 12.9. The number of benzene rings is 1. The minimum Gasteiger partial charge on any atom is -0.468 e. The van der Waals surface area contributed by atoms with Gasteiger partial charge < -0.3 is 9.47 Å². The molecule has 1 rings (SSSR count). The molecular formula is C16H18O6S. The largest absolute Gasteiger partial charge is 0.468 e. The average molecular weight is 338 g/mol. The van der Waals surface area contributed by atoms with E-state index in [0.29, 0.717) is 0 Å². The summed E-state index contributed by atoms with van der Waals surface area (Å²) in [4.78, 5) is 23.2. The summed E-state index contributed by atoms with van der Waals surface area (Å²) in [5.41, 5.74) is 2.38. The third-order valence-electron chi connectivity index (χ3n) is 3.21. The Bertz CT molecular complexity index is 698. The SMILES string of the molecule is C=C=C(CCC(C(=O)OC)C(=O)OC)S(=O)(=O)c1ccccc1. The van der Waals surface area contributed by atoms with Crippen LogP contribution in [0.1, 0.15) is 12.8 Å². The quantitative estimate of drug-likeness (QED) is 0.428. The smallest absolute Gasteiger partial charge is 0.320 e. The van der Waals surface area contributed by atoms with Crippen molar-refractivity contribution in [2.75, 3.05) is 14.2 Å². The van der Waals surface area contributed by atoms with Crippen LogP contribution in [0.25, 0.3) is 0 Å². The highest BCUT2D eigenvalue weighted by atomic mass is 32.2. The number of allylic oxidation sites excluding steroid dienone is 1. The first kappa shape index (κ1) is 18.7. The molecule has 0 aliphatic carbocycles. The normalized spacial score (nSPS) is 10.7. The van der Waals surface area contributed by atoms with Crippen LogP contribution in [0.4, 0.5) is 0 Å². The molecule has 0 saturated carbocycles. The molecule has 0 aliphatic heterocycles. The highest BCUT2D eigenvalue weighted by molar-refractivity contribution is 7.95. The summed E-state index contributed by atoms with van der Waals surface area (Å²) in [5, 5.41) is 0. The van der Waals surface area contributed by atoms with Crippen molar-refractivity contribution in [3.8, 4) is 0 Å². The van der Waals surface area contributed by atoms with Gasteiger partial charge in [0.1, 0.15) is 0 Å². The van der Waals surface area contributed by atoms with E-state index >= 15 is 0 Å². The Balaban J connectivity index is 2.99. The molecule has 0 heterocycles. The van der Waals surface area contributed by atoms with Gasteiger partial charge in [-0.2, -0.15) is 0 Å². The number of rotatable bonds is 7. The van der Waals surface area contributed by atoms with E-state index in [1.807, 2.05) is 0 Å². The number of ether oxygens (including phenoxy) is 2. The lowest BCUT2D eigenvalue weighted by Gasteiger charge is -2.13. The monoisotopic (exact) mass is 338 g/mol. The van der Waals surface area contributed by atoms with Gasteiger partial charge in [-0.05, 0) is 25.0 Å². The Kier molecular flexibility index (Phi) is 6.75. The van der Waals surface area contributed by atoms with Crippen LogP contribution in [0.15, 0.2) is 52.4 Å². The van der Waals surface area contributed by atoms with Crippen molar-refractivity contribution in [2.45, 2.75) is 17.7 Å². The van der Waals surface area contributed by atoms with Gasteiger partial charge in [-0.1, -0.05) is 24.8 Å². The van der Waals surface area contributed by atoms with Gasteiger partial charge in [-0.25, -0.2) is 8.42 Å². The maximum atomic E-state index is 12.5. The van der Waals surface area contributed by atoms with Crippen molar-refractivity contribution < 1.29 is 27.5 Å².